The van der Waals surface area contributed by atoms with Crippen molar-refractivity contribution in [1.82, 2.24) is 0 Å². The summed E-state index contributed by atoms with van der Waals surface area (Å²) in [5.41, 5.74) is 2.46. The van der Waals surface area contributed by atoms with Crippen molar-refractivity contribution < 1.29 is 4.74 Å². The highest BCUT2D eigenvalue weighted by molar-refractivity contribution is 5.17. The molecule has 0 N–H and O–H groups in total. The van der Waals surface area contributed by atoms with Crippen LogP contribution in [-0.2, 0) is 4.74 Å². The van der Waals surface area contributed by atoms with Gasteiger partial charge in [-0.1, -0.05) is 58.1 Å². The second-order valence-corrected chi connectivity index (χ2v) is 8.49. The molecule has 1 heteroatoms. The number of hydrogen-bond acceptors (Lipinski definition) is 1. The lowest BCUT2D eigenvalue weighted by Crippen LogP contribution is -2.48. The van der Waals surface area contributed by atoms with Crippen molar-refractivity contribution in [3.63, 3.8) is 0 Å². The molecule has 0 spiro atoms. The molecular weight excluding hydrogens is 268 g/mol. The van der Waals surface area contributed by atoms with Crippen molar-refractivity contribution in [1.29, 1.82) is 0 Å². The van der Waals surface area contributed by atoms with Crippen LogP contribution in [0.5, 0.6) is 0 Å². The largest absolute Gasteiger partial charge is 0.384 e. The predicted octanol–water partition coefficient (Wildman–Crippen LogP) is 6.38. The minimum atomic E-state index is 0.393. The molecule has 0 radical (unpaired) electrons. The highest BCUT2D eigenvalue weighted by atomic mass is 16.5. The quantitative estimate of drug-likeness (QED) is 0.549. The van der Waals surface area contributed by atoms with Crippen molar-refractivity contribution >= 4 is 0 Å². The van der Waals surface area contributed by atoms with Crippen LogP contribution < -0.4 is 0 Å². The maximum atomic E-state index is 5.73. The topological polar surface area (TPSA) is 9.23 Å². The average molecular weight is 307 g/mol. The molecule has 2 rings (SSSR count). The van der Waals surface area contributed by atoms with Crippen LogP contribution in [0, 0.1) is 22.7 Å². The van der Waals surface area contributed by atoms with Crippen LogP contribution in [0.4, 0.5) is 0 Å². The lowest BCUT2D eigenvalue weighted by Gasteiger charge is -2.55. The Balaban J connectivity index is 2.38. The van der Waals surface area contributed by atoms with Gasteiger partial charge in [-0.25, -0.2) is 0 Å². The minimum Gasteiger partial charge on any atom is -0.384 e. The van der Waals surface area contributed by atoms with Gasteiger partial charge in [0.25, 0.3) is 0 Å². The zero-order valence-corrected chi connectivity index (χ0v) is 15.7. The van der Waals surface area contributed by atoms with Gasteiger partial charge < -0.3 is 4.74 Å². The number of hydrogen-bond donors (Lipinski definition) is 0. The van der Waals surface area contributed by atoms with Gasteiger partial charge in [-0.3, -0.25) is 0 Å². The number of allylic oxidation sites excluding steroid dienone is 2. The summed E-state index contributed by atoms with van der Waals surface area (Å²) in [7, 11) is 1.90. The average Bonchev–Trinajstić information content (AvgIpc) is 2.50. The Morgan fingerprint density at radius 3 is 2.59 bits per heavy atom. The van der Waals surface area contributed by atoms with Crippen molar-refractivity contribution in [2.24, 2.45) is 22.7 Å². The van der Waals surface area contributed by atoms with Gasteiger partial charge in [0.2, 0.25) is 0 Å². The molecule has 22 heavy (non-hydrogen) atoms. The second-order valence-electron chi connectivity index (χ2n) is 8.49. The van der Waals surface area contributed by atoms with Gasteiger partial charge >= 0.3 is 0 Å². The lowest BCUT2D eigenvalue weighted by molar-refractivity contribution is -0.0611. The summed E-state index contributed by atoms with van der Waals surface area (Å²) in [5.74, 6) is 1.65. The smallest absolute Gasteiger partial charge is 0.0521 e. The SMILES string of the molecule is CC[C@@]1(COC)CCC[C@@]2(C)/C(C)=C/CC(C)CCCCC12. The lowest BCUT2D eigenvalue weighted by atomic mass is 9.51. The summed E-state index contributed by atoms with van der Waals surface area (Å²) in [5, 5.41) is 0. The first-order chi connectivity index (χ1) is 10.5. The Morgan fingerprint density at radius 1 is 1.18 bits per heavy atom. The number of rotatable bonds is 3. The van der Waals surface area contributed by atoms with Crippen molar-refractivity contribution in [2.45, 2.75) is 85.5 Å². The van der Waals surface area contributed by atoms with E-state index < -0.39 is 0 Å². The molecule has 0 amide bonds. The summed E-state index contributed by atoms with van der Waals surface area (Å²) in [6.07, 6.45) is 14.8. The van der Waals surface area contributed by atoms with Gasteiger partial charge in [-0.2, -0.15) is 0 Å². The van der Waals surface area contributed by atoms with Gasteiger partial charge in [0.15, 0.2) is 0 Å². The molecule has 0 aromatic carbocycles. The monoisotopic (exact) mass is 306 g/mol. The molecule has 0 heterocycles. The maximum absolute atomic E-state index is 5.73. The number of ether oxygens (including phenoxy) is 1. The van der Waals surface area contributed by atoms with Crippen molar-refractivity contribution in [3.05, 3.63) is 11.6 Å². The molecule has 128 valence electrons. The molecule has 0 bridgehead atoms. The maximum Gasteiger partial charge on any atom is 0.0521 e. The van der Waals surface area contributed by atoms with E-state index in [0.717, 1.165) is 18.4 Å². The standard InChI is InChI=1S/C21H38O/c1-6-21(16-22-5)15-9-14-20(4)18(3)13-12-17(2)10-7-8-11-19(20)21/h13,17,19H,6-12,14-16H2,1-5H3/b18-13+/t17?,19?,20-,21-/m0/s1. The molecule has 4 atom stereocenters. The van der Waals surface area contributed by atoms with Crippen LogP contribution in [0.25, 0.3) is 0 Å². The van der Waals surface area contributed by atoms with E-state index in [0.29, 0.717) is 10.8 Å². The van der Waals surface area contributed by atoms with Crippen molar-refractivity contribution in [3.8, 4) is 0 Å². The van der Waals surface area contributed by atoms with E-state index in [-0.39, 0.29) is 0 Å². The predicted molar refractivity (Wildman–Crippen MR) is 96.1 cm³/mol. The molecule has 0 aromatic heterocycles. The van der Waals surface area contributed by atoms with E-state index in [1.165, 1.54) is 57.8 Å². The van der Waals surface area contributed by atoms with Gasteiger partial charge in [0, 0.05) is 7.11 Å². The first-order valence-electron chi connectivity index (χ1n) is 9.64. The summed E-state index contributed by atoms with van der Waals surface area (Å²) in [4.78, 5) is 0. The Morgan fingerprint density at radius 2 is 1.91 bits per heavy atom. The molecule has 0 aliphatic heterocycles. The minimum absolute atomic E-state index is 0.393. The Labute approximate surface area is 138 Å². The molecule has 2 aliphatic rings. The van der Waals surface area contributed by atoms with Crippen molar-refractivity contribution in [2.75, 3.05) is 13.7 Å². The molecule has 2 unspecified atom stereocenters. The third kappa shape index (κ3) is 3.45. The first kappa shape index (κ1) is 18.0. The highest BCUT2D eigenvalue weighted by Crippen LogP contribution is 2.58. The van der Waals surface area contributed by atoms with E-state index in [1.807, 2.05) is 7.11 Å². The third-order valence-corrected chi connectivity index (χ3v) is 7.18. The Kier molecular flexibility index (Phi) is 6.16. The molecule has 0 aromatic rings. The molecule has 1 saturated carbocycles. The van der Waals surface area contributed by atoms with Gasteiger partial charge in [0.05, 0.1) is 6.61 Å². The number of fused-ring (bicyclic) bond motifs is 1. The molecular formula is C21H38O. The van der Waals surface area contributed by atoms with Gasteiger partial charge in [-0.15, -0.1) is 0 Å². The Hall–Kier alpha value is -0.300. The van der Waals surface area contributed by atoms with E-state index in [4.69, 9.17) is 4.74 Å². The van der Waals surface area contributed by atoms with E-state index >= 15 is 0 Å². The van der Waals surface area contributed by atoms with Gasteiger partial charge in [-0.05, 0) is 61.7 Å². The zero-order chi connectivity index (χ0) is 16.2. The van der Waals surface area contributed by atoms with Gasteiger partial charge in [0.1, 0.15) is 0 Å². The van der Waals surface area contributed by atoms with E-state index in [2.05, 4.69) is 33.8 Å². The summed E-state index contributed by atoms with van der Waals surface area (Å²) in [6.45, 7) is 10.8. The highest BCUT2D eigenvalue weighted by Gasteiger charge is 2.50. The summed E-state index contributed by atoms with van der Waals surface area (Å²) < 4.78 is 5.73. The second kappa shape index (κ2) is 7.51. The third-order valence-electron chi connectivity index (χ3n) is 7.18. The molecule has 1 nitrogen and oxygen atoms in total. The van der Waals surface area contributed by atoms with Crippen LogP contribution in [0.1, 0.15) is 85.5 Å². The van der Waals surface area contributed by atoms with E-state index in [1.54, 1.807) is 5.57 Å². The van der Waals surface area contributed by atoms with Crippen LogP contribution >= 0.6 is 0 Å². The fourth-order valence-electron chi connectivity index (χ4n) is 5.48. The van der Waals surface area contributed by atoms with E-state index in [9.17, 15) is 0 Å². The van der Waals surface area contributed by atoms with Crippen LogP contribution in [0.15, 0.2) is 11.6 Å². The first-order valence-corrected chi connectivity index (χ1v) is 9.64. The zero-order valence-electron chi connectivity index (χ0n) is 15.7. The molecule has 1 fully saturated rings. The Bertz CT molecular complexity index is 381. The molecule has 0 saturated heterocycles. The molecule has 2 aliphatic carbocycles. The summed E-state index contributed by atoms with van der Waals surface area (Å²) in [6, 6.07) is 0. The number of methoxy groups -OCH3 is 1. The van der Waals surface area contributed by atoms with Crippen LogP contribution in [0.2, 0.25) is 0 Å². The summed E-state index contributed by atoms with van der Waals surface area (Å²) >= 11 is 0. The van der Waals surface area contributed by atoms with Crippen LogP contribution in [0.3, 0.4) is 0 Å². The fraction of sp³-hybridized carbons (Fsp3) is 0.905. The normalized spacial score (nSPS) is 43.0. The fourth-order valence-corrected chi connectivity index (χ4v) is 5.48. The van der Waals surface area contributed by atoms with Crippen LogP contribution in [-0.4, -0.2) is 13.7 Å².